The van der Waals surface area contributed by atoms with Crippen molar-refractivity contribution in [1.82, 2.24) is 4.57 Å². The molecule has 0 unspecified atom stereocenters. The van der Waals surface area contributed by atoms with Crippen molar-refractivity contribution >= 4 is 23.0 Å². The van der Waals surface area contributed by atoms with Gasteiger partial charge in [-0.25, -0.2) is 0 Å². The molecular weight excluding hydrogens is 378 g/mol. The first-order chi connectivity index (χ1) is 14.0. The van der Waals surface area contributed by atoms with E-state index < -0.39 is 0 Å². The molecule has 3 aromatic rings. The number of aromatic nitrogens is 1. The van der Waals surface area contributed by atoms with Crippen LogP contribution in [0.2, 0.25) is 0 Å². The molecule has 0 fully saturated rings. The van der Waals surface area contributed by atoms with Crippen LogP contribution in [0.15, 0.2) is 53.3 Å². The summed E-state index contributed by atoms with van der Waals surface area (Å²) in [4.78, 5) is 13.3. The molecular formula is C24H21N3OS. The third-order valence-electron chi connectivity index (χ3n) is 4.78. The van der Waals surface area contributed by atoms with Crippen LogP contribution in [0.1, 0.15) is 43.4 Å². The maximum Gasteiger partial charge on any atom is 0.273 e. The quantitative estimate of drug-likeness (QED) is 0.673. The zero-order valence-electron chi connectivity index (χ0n) is 16.6. The Labute approximate surface area is 173 Å². The Morgan fingerprint density at radius 1 is 1.10 bits per heavy atom. The zero-order valence-corrected chi connectivity index (χ0v) is 17.5. The molecule has 0 aliphatic carbocycles. The van der Waals surface area contributed by atoms with Crippen LogP contribution in [0.3, 0.4) is 0 Å². The van der Waals surface area contributed by atoms with Gasteiger partial charge in [-0.15, -0.1) is 11.3 Å². The van der Waals surface area contributed by atoms with Gasteiger partial charge in [0.1, 0.15) is 16.8 Å². The van der Waals surface area contributed by atoms with E-state index in [1.54, 1.807) is 0 Å². The molecule has 0 aliphatic heterocycles. The molecule has 0 spiro atoms. The average molecular weight is 400 g/mol. The fourth-order valence-electron chi connectivity index (χ4n) is 3.15. The van der Waals surface area contributed by atoms with Gasteiger partial charge in [-0.05, 0) is 41.2 Å². The Morgan fingerprint density at radius 2 is 1.76 bits per heavy atom. The molecule has 0 bridgehead atoms. The average Bonchev–Trinajstić information content (AvgIpc) is 3.05. The zero-order chi connectivity index (χ0) is 21.0. The van der Waals surface area contributed by atoms with E-state index in [1.807, 2.05) is 61.5 Å². The van der Waals surface area contributed by atoms with Crippen LogP contribution in [0.4, 0.5) is 0 Å². The Kier molecular flexibility index (Phi) is 6.12. The summed E-state index contributed by atoms with van der Waals surface area (Å²) in [6.45, 7) is 6.28. The molecule has 29 heavy (non-hydrogen) atoms. The Morgan fingerprint density at radius 3 is 2.34 bits per heavy atom. The van der Waals surface area contributed by atoms with E-state index in [2.05, 4.69) is 26.0 Å². The van der Waals surface area contributed by atoms with Crippen LogP contribution in [0.25, 0.3) is 17.3 Å². The van der Waals surface area contributed by atoms with Gasteiger partial charge in [-0.1, -0.05) is 63.2 Å². The lowest BCUT2D eigenvalue weighted by atomic mass is 10.0. The topological polar surface area (TPSA) is 69.6 Å². The van der Waals surface area contributed by atoms with E-state index in [9.17, 15) is 15.3 Å². The van der Waals surface area contributed by atoms with E-state index >= 15 is 0 Å². The van der Waals surface area contributed by atoms with E-state index in [-0.39, 0.29) is 11.1 Å². The minimum Gasteiger partial charge on any atom is -0.267 e. The van der Waals surface area contributed by atoms with Gasteiger partial charge in [0.05, 0.1) is 10.2 Å². The lowest BCUT2D eigenvalue weighted by Gasteiger charge is -2.08. The molecule has 0 aliphatic rings. The largest absolute Gasteiger partial charge is 0.273 e. The highest BCUT2D eigenvalue weighted by molar-refractivity contribution is 7.07. The molecule has 144 valence electrons. The number of hydrogen-bond acceptors (Lipinski definition) is 4. The van der Waals surface area contributed by atoms with Gasteiger partial charge < -0.3 is 0 Å². The van der Waals surface area contributed by atoms with Crippen molar-refractivity contribution in [3.8, 4) is 17.8 Å². The standard InChI is InChI=1S/C24H21N3OS/c1-4-18-7-5-6-8-21(18)27-23(28)22(29-24(27)20(14-25)15-26)13-17-9-11-19(12-10-17)16(2)3/h5-13,16H,4H2,1-3H3/b22-13+. The summed E-state index contributed by atoms with van der Waals surface area (Å²) in [6.07, 6.45) is 2.56. The third-order valence-corrected chi connectivity index (χ3v) is 5.87. The summed E-state index contributed by atoms with van der Waals surface area (Å²) in [5, 5.41) is 18.8. The molecule has 5 heteroatoms. The highest BCUT2D eigenvalue weighted by Crippen LogP contribution is 2.15. The smallest absolute Gasteiger partial charge is 0.267 e. The summed E-state index contributed by atoms with van der Waals surface area (Å²) in [6, 6.07) is 19.5. The summed E-state index contributed by atoms with van der Waals surface area (Å²) in [5.41, 5.74) is 3.55. The number of thiazole rings is 1. The molecule has 4 nitrogen and oxygen atoms in total. The third kappa shape index (κ3) is 4.06. The number of para-hydroxylation sites is 1. The van der Waals surface area contributed by atoms with Crippen LogP contribution in [-0.4, -0.2) is 4.57 Å². The maximum absolute atomic E-state index is 13.3. The summed E-state index contributed by atoms with van der Waals surface area (Å²) >= 11 is 1.18. The van der Waals surface area contributed by atoms with E-state index in [4.69, 9.17) is 0 Å². The van der Waals surface area contributed by atoms with Crippen molar-refractivity contribution < 1.29 is 0 Å². The van der Waals surface area contributed by atoms with Crippen molar-refractivity contribution in [2.75, 3.05) is 0 Å². The predicted octanol–water partition coefficient (Wildman–Crippen LogP) is 3.61. The normalized spacial score (nSPS) is 11.3. The van der Waals surface area contributed by atoms with E-state index in [0.29, 0.717) is 20.8 Å². The second-order valence-corrected chi connectivity index (χ2v) is 7.99. The molecule has 0 saturated heterocycles. The van der Waals surface area contributed by atoms with E-state index in [1.165, 1.54) is 21.5 Å². The number of nitriles is 2. The van der Waals surface area contributed by atoms with Gasteiger partial charge in [0.2, 0.25) is 0 Å². The number of hydrogen-bond donors (Lipinski definition) is 0. The fourth-order valence-corrected chi connectivity index (χ4v) is 4.19. The molecule has 1 heterocycles. The number of rotatable bonds is 4. The summed E-state index contributed by atoms with van der Waals surface area (Å²) in [7, 11) is 0. The van der Waals surface area contributed by atoms with Crippen LogP contribution in [-0.2, 0) is 6.42 Å². The second-order valence-electron chi connectivity index (χ2n) is 6.96. The Balaban J connectivity index is 2.33. The minimum absolute atomic E-state index is 0.0622. The van der Waals surface area contributed by atoms with Crippen LogP contribution in [0.5, 0.6) is 0 Å². The van der Waals surface area contributed by atoms with E-state index in [0.717, 1.165) is 17.5 Å². The van der Waals surface area contributed by atoms with Crippen molar-refractivity contribution in [2.24, 2.45) is 0 Å². The molecule has 0 radical (unpaired) electrons. The Bertz CT molecular complexity index is 1280. The van der Waals surface area contributed by atoms with Gasteiger partial charge >= 0.3 is 0 Å². The Hall–Kier alpha value is -3.41. The number of nitrogens with zero attached hydrogens (tertiary/aromatic N) is 3. The maximum atomic E-state index is 13.3. The molecule has 0 atom stereocenters. The highest BCUT2D eigenvalue weighted by Gasteiger charge is 2.13. The summed E-state index contributed by atoms with van der Waals surface area (Å²) < 4.78 is 2.36. The van der Waals surface area contributed by atoms with Gasteiger partial charge in [0.25, 0.3) is 5.56 Å². The second kappa shape index (κ2) is 8.73. The number of aryl methyl sites for hydroxylation is 1. The lowest BCUT2D eigenvalue weighted by molar-refractivity contribution is 0.866. The van der Waals surface area contributed by atoms with Gasteiger partial charge in [-0.3, -0.25) is 9.36 Å². The predicted molar refractivity (Wildman–Crippen MR) is 117 cm³/mol. The van der Waals surface area contributed by atoms with Gasteiger partial charge in [-0.2, -0.15) is 10.5 Å². The van der Waals surface area contributed by atoms with Crippen molar-refractivity contribution in [2.45, 2.75) is 33.1 Å². The van der Waals surface area contributed by atoms with Crippen LogP contribution >= 0.6 is 11.3 Å². The molecule has 1 aromatic heterocycles. The molecule has 0 N–H and O–H groups in total. The number of benzene rings is 2. The molecule has 3 rings (SSSR count). The van der Waals surface area contributed by atoms with Crippen LogP contribution < -0.4 is 14.8 Å². The first kappa shape index (κ1) is 20.3. The van der Waals surface area contributed by atoms with Gasteiger partial charge in [0.15, 0.2) is 5.57 Å². The van der Waals surface area contributed by atoms with Crippen molar-refractivity contribution in [3.63, 3.8) is 0 Å². The monoisotopic (exact) mass is 399 g/mol. The molecule has 0 saturated carbocycles. The fraction of sp³-hybridized carbons (Fsp3) is 0.208. The lowest BCUT2D eigenvalue weighted by Crippen LogP contribution is -2.31. The van der Waals surface area contributed by atoms with Crippen molar-refractivity contribution in [1.29, 1.82) is 10.5 Å². The minimum atomic E-state index is -0.221. The highest BCUT2D eigenvalue weighted by atomic mass is 32.1. The molecule has 0 amide bonds. The van der Waals surface area contributed by atoms with Crippen LogP contribution in [0, 0.1) is 22.7 Å². The van der Waals surface area contributed by atoms with Gasteiger partial charge in [0, 0.05) is 0 Å². The molecule has 2 aromatic carbocycles. The first-order valence-corrected chi connectivity index (χ1v) is 10.3. The first-order valence-electron chi connectivity index (χ1n) is 9.46. The summed E-state index contributed by atoms with van der Waals surface area (Å²) in [5.74, 6) is 0.434. The SMILES string of the molecule is CCc1ccccc1-n1c(=C(C#N)C#N)s/c(=C/c2ccc(C(C)C)cc2)c1=O. The van der Waals surface area contributed by atoms with Crippen molar-refractivity contribution in [3.05, 3.63) is 84.8 Å².